The van der Waals surface area contributed by atoms with Crippen LogP contribution in [0.25, 0.3) is 5.69 Å². The summed E-state index contributed by atoms with van der Waals surface area (Å²) in [5.74, 6) is 0.775. The summed E-state index contributed by atoms with van der Waals surface area (Å²) < 4.78 is 6.94. The fourth-order valence-electron chi connectivity index (χ4n) is 2.55. The molecule has 2 aromatic rings. The monoisotopic (exact) mass is 348 g/mol. The lowest BCUT2D eigenvalue weighted by molar-refractivity contribution is 0.414. The number of thioether (sulfide) groups is 2. The van der Waals surface area contributed by atoms with Crippen LogP contribution in [0.4, 0.5) is 0 Å². The van der Waals surface area contributed by atoms with Crippen molar-refractivity contribution in [1.29, 1.82) is 0 Å². The molecule has 0 saturated carbocycles. The van der Waals surface area contributed by atoms with E-state index in [1.54, 1.807) is 35.2 Å². The molecule has 3 rings (SSSR count). The lowest BCUT2D eigenvalue weighted by atomic mass is 10.2. The summed E-state index contributed by atoms with van der Waals surface area (Å²) in [4.78, 5) is 18.6. The van der Waals surface area contributed by atoms with Gasteiger partial charge in [0.05, 0.1) is 23.4 Å². The first kappa shape index (κ1) is 16.5. The first-order chi connectivity index (χ1) is 11.0. The molecule has 0 bridgehead atoms. The van der Waals surface area contributed by atoms with E-state index in [-0.39, 0.29) is 5.56 Å². The number of ether oxygens (including phenoxy) is 1. The van der Waals surface area contributed by atoms with Crippen molar-refractivity contribution >= 4 is 23.5 Å². The highest BCUT2D eigenvalue weighted by Gasteiger charge is 2.27. The maximum Gasteiger partial charge on any atom is 0.272 e. The minimum Gasteiger partial charge on any atom is -0.497 e. The van der Waals surface area contributed by atoms with Crippen LogP contribution >= 0.6 is 23.5 Å². The lowest BCUT2D eigenvalue weighted by Gasteiger charge is -2.15. The number of rotatable bonds is 4. The Hall–Kier alpha value is -1.40. The van der Waals surface area contributed by atoms with Crippen molar-refractivity contribution in [2.24, 2.45) is 0 Å². The van der Waals surface area contributed by atoms with Crippen molar-refractivity contribution < 1.29 is 4.74 Å². The van der Waals surface area contributed by atoms with E-state index in [4.69, 9.17) is 9.72 Å². The van der Waals surface area contributed by atoms with Crippen LogP contribution in [0, 0.1) is 0 Å². The van der Waals surface area contributed by atoms with Crippen molar-refractivity contribution in [2.45, 2.75) is 47.7 Å². The Balaban J connectivity index is 2.16. The molecule has 0 unspecified atom stereocenters. The summed E-state index contributed by atoms with van der Waals surface area (Å²) in [6.45, 7) is 6.36. The molecule has 1 aromatic heterocycles. The van der Waals surface area contributed by atoms with Crippen molar-refractivity contribution in [1.82, 2.24) is 9.55 Å². The third kappa shape index (κ3) is 3.28. The van der Waals surface area contributed by atoms with Crippen LogP contribution < -0.4 is 10.3 Å². The van der Waals surface area contributed by atoms with Gasteiger partial charge in [0.15, 0.2) is 5.16 Å². The second kappa shape index (κ2) is 6.61. The molecule has 23 heavy (non-hydrogen) atoms. The number of benzene rings is 1. The van der Waals surface area contributed by atoms with E-state index in [9.17, 15) is 4.79 Å². The molecule has 0 N–H and O–H groups in total. The summed E-state index contributed by atoms with van der Waals surface area (Å²) in [5.41, 5.74) is 1.81. The molecule has 6 heteroatoms. The van der Waals surface area contributed by atoms with E-state index in [1.165, 1.54) is 0 Å². The van der Waals surface area contributed by atoms with Crippen LogP contribution in [-0.4, -0.2) is 27.2 Å². The number of hydrogen-bond acceptors (Lipinski definition) is 5. The summed E-state index contributed by atoms with van der Waals surface area (Å²) in [6, 6.07) is 7.55. The number of aromatic nitrogens is 2. The van der Waals surface area contributed by atoms with Gasteiger partial charge >= 0.3 is 0 Å². The molecule has 0 aliphatic carbocycles. The Labute approximate surface area is 144 Å². The van der Waals surface area contributed by atoms with Gasteiger partial charge in [-0.1, -0.05) is 32.5 Å². The predicted molar refractivity (Wildman–Crippen MR) is 96.4 cm³/mol. The van der Waals surface area contributed by atoms with Crippen LogP contribution in [0.1, 0.15) is 26.5 Å². The fourth-order valence-corrected chi connectivity index (χ4v) is 4.53. The average Bonchev–Trinajstić information content (AvgIpc) is 2.88. The molecule has 1 aliphatic heterocycles. The van der Waals surface area contributed by atoms with Crippen LogP contribution in [0.3, 0.4) is 0 Å². The molecule has 1 aliphatic rings. The Bertz CT molecular complexity index is 769. The maximum atomic E-state index is 13.0. The van der Waals surface area contributed by atoms with Gasteiger partial charge < -0.3 is 4.74 Å². The van der Waals surface area contributed by atoms with Gasteiger partial charge in [-0.25, -0.2) is 4.98 Å². The molecule has 2 heterocycles. The second-order valence-corrected chi connectivity index (χ2v) is 8.80. The standard InChI is InChI=1S/C17H20N2O2S2/c1-10(2)22-17-18-14-9-11(3)23-15(14)16(20)19(17)12-5-7-13(21-4)8-6-12/h5-8,10-11H,9H2,1-4H3/t11-/m1/s1. The molecule has 0 spiro atoms. The number of nitrogens with zero attached hydrogens (tertiary/aromatic N) is 2. The average molecular weight is 348 g/mol. The van der Waals surface area contributed by atoms with E-state index >= 15 is 0 Å². The molecular weight excluding hydrogens is 328 g/mol. The van der Waals surface area contributed by atoms with Gasteiger partial charge in [0.1, 0.15) is 5.75 Å². The molecule has 0 amide bonds. The number of hydrogen-bond donors (Lipinski definition) is 0. The zero-order valence-corrected chi connectivity index (χ0v) is 15.3. The molecule has 0 saturated heterocycles. The second-order valence-electron chi connectivity index (χ2n) is 5.81. The summed E-state index contributed by atoms with van der Waals surface area (Å²) in [5, 5.41) is 1.54. The van der Waals surface area contributed by atoms with Gasteiger partial charge in [-0.15, -0.1) is 11.8 Å². The summed E-state index contributed by atoms with van der Waals surface area (Å²) in [6.07, 6.45) is 0.865. The summed E-state index contributed by atoms with van der Waals surface area (Å²) in [7, 11) is 1.64. The van der Waals surface area contributed by atoms with Crippen LogP contribution in [-0.2, 0) is 6.42 Å². The molecule has 1 atom stereocenters. The largest absolute Gasteiger partial charge is 0.497 e. The molecule has 4 nitrogen and oxygen atoms in total. The molecular formula is C17H20N2O2S2. The molecule has 122 valence electrons. The maximum absolute atomic E-state index is 13.0. The van der Waals surface area contributed by atoms with Gasteiger partial charge in [0.25, 0.3) is 5.56 Å². The molecule has 0 fully saturated rings. The first-order valence-electron chi connectivity index (χ1n) is 7.63. The highest BCUT2D eigenvalue weighted by Crippen LogP contribution is 2.35. The van der Waals surface area contributed by atoms with Gasteiger partial charge in [0, 0.05) is 16.9 Å². The zero-order chi connectivity index (χ0) is 16.6. The summed E-state index contributed by atoms with van der Waals surface area (Å²) >= 11 is 3.25. The third-order valence-corrected chi connectivity index (χ3v) is 5.72. The SMILES string of the molecule is COc1ccc(-n2c(SC(C)C)nc3c(c2=O)S[C@H](C)C3)cc1. The van der Waals surface area contributed by atoms with Crippen molar-refractivity contribution in [3.8, 4) is 11.4 Å². The van der Waals surface area contributed by atoms with Gasteiger partial charge in [-0.3, -0.25) is 9.36 Å². The predicted octanol–water partition coefficient (Wildman–Crippen LogP) is 3.78. The van der Waals surface area contributed by atoms with Crippen LogP contribution in [0.5, 0.6) is 5.75 Å². The Morgan fingerprint density at radius 3 is 2.65 bits per heavy atom. The van der Waals surface area contributed by atoms with Crippen LogP contribution in [0.2, 0.25) is 0 Å². The fraction of sp³-hybridized carbons (Fsp3) is 0.412. The third-order valence-electron chi connectivity index (χ3n) is 3.55. The highest BCUT2D eigenvalue weighted by molar-refractivity contribution is 8.00. The van der Waals surface area contributed by atoms with E-state index in [0.717, 1.165) is 33.6 Å². The number of methoxy groups -OCH3 is 1. The molecule has 0 radical (unpaired) electrons. The Morgan fingerprint density at radius 2 is 2.04 bits per heavy atom. The van der Waals surface area contributed by atoms with Gasteiger partial charge in [-0.2, -0.15) is 0 Å². The zero-order valence-electron chi connectivity index (χ0n) is 13.7. The van der Waals surface area contributed by atoms with Gasteiger partial charge in [0.2, 0.25) is 0 Å². The lowest BCUT2D eigenvalue weighted by Crippen LogP contribution is -2.24. The van der Waals surface area contributed by atoms with E-state index in [2.05, 4.69) is 20.8 Å². The smallest absolute Gasteiger partial charge is 0.272 e. The minimum atomic E-state index is 0.0395. The van der Waals surface area contributed by atoms with E-state index in [0.29, 0.717) is 10.5 Å². The quantitative estimate of drug-likeness (QED) is 0.621. The van der Waals surface area contributed by atoms with Gasteiger partial charge in [-0.05, 0) is 24.3 Å². The number of fused-ring (bicyclic) bond motifs is 1. The molecule has 1 aromatic carbocycles. The Morgan fingerprint density at radius 1 is 1.35 bits per heavy atom. The minimum absolute atomic E-state index is 0.0395. The topological polar surface area (TPSA) is 44.1 Å². The van der Waals surface area contributed by atoms with Crippen LogP contribution in [0.15, 0.2) is 39.1 Å². The normalized spacial score (nSPS) is 16.7. The van der Waals surface area contributed by atoms with E-state index < -0.39 is 0 Å². The first-order valence-corrected chi connectivity index (χ1v) is 9.39. The van der Waals surface area contributed by atoms with Crippen molar-refractivity contribution in [3.05, 3.63) is 40.3 Å². The highest BCUT2D eigenvalue weighted by atomic mass is 32.2. The Kier molecular flexibility index (Phi) is 4.73. The van der Waals surface area contributed by atoms with Crippen molar-refractivity contribution in [3.63, 3.8) is 0 Å². The van der Waals surface area contributed by atoms with E-state index in [1.807, 2.05) is 24.3 Å². The van der Waals surface area contributed by atoms with Crippen molar-refractivity contribution in [2.75, 3.05) is 7.11 Å².